The van der Waals surface area contributed by atoms with Crippen LogP contribution < -0.4 is 5.43 Å². The molecule has 0 saturated heterocycles. The molecule has 156 valence electrons. The summed E-state index contributed by atoms with van der Waals surface area (Å²) in [6.07, 6.45) is 2.54. The predicted octanol–water partition coefficient (Wildman–Crippen LogP) is 5.83. The van der Waals surface area contributed by atoms with Gasteiger partial charge in [-0.1, -0.05) is 81.7 Å². The lowest BCUT2D eigenvalue weighted by Crippen LogP contribution is -2.20. The van der Waals surface area contributed by atoms with E-state index in [2.05, 4.69) is 68.0 Å². The fourth-order valence-corrected chi connectivity index (χ4v) is 3.29. The Morgan fingerprint density at radius 3 is 2.03 bits per heavy atom. The second kappa shape index (κ2) is 9.12. The van der Waals surface area contributed by atoms with E-state index in [0.717, 1.165) is 26.7 Å². The largest absolute Gasteiger partial charge is 0.507 e. The van der Waals surface area contributed by atoms with Crippen molar-refractivity contribution in [2.24, 2.45) is 5.10 Å². The summed E-state index contributed by atoms with van der Waals surface area (Å²) in [5, 5.41) is 14.8. The molecule has 0 fully saturated rings. The minimum absolute atomic E-state index is 0.138. The van der Waals surface area contributed by atoms with Crippen molar-refractivity contribution in [1.29, 1.82) is 0 Å². The predicted molar refractivity (Wildman–Crippen MR) is 124 cm³/mol. The number of hydrogen-bond donors (Lipinski definition) is 2. The summed E-state index contributed by atoms with van der Waals surface area (Å²) in [7, 11) is 0. The Balaban J connectivity index is 2.09. The van der Waals surface area contributed by atoms with E-state index in [-0.39, 0.29) is 16.7 Å². The number of rotatable bonds is 5. The van der Waals surface area contributed by atoms with Crippen molar-refractivity contribution in [1.82, 2.24) is 5.43 Å². The molecule has 1 amide bonds. The van der Waals surface area contributed by atoms with Crippen molar-refractivity contribution in [2.45, 2.75) is 65.2 Å². The highest BCUT2D eigenvalue weighted by molar-refractivity contribution is 9.10. The third kappa shape index (κ3) is 6.70. The van der Waals surface area contributed by atoms with E-state index < -0.39 is 0 Å². The van der Waals surface area contributed by atoms with E-state index in [1.165, 1.54) is 0 Å². The van der Waals surface area contributed by atoms with E-state index in [9.17, 15) is 9.90 Å². The first-order chi connectivity index (χ1) is 13.4. The summed E-state index contributed by atoms with van der Waals surface area (Å²) < 4.78 is 0.997. The van der Waals surface area contributed by atoms with Crippen molar-refractivity contribution in [3.05, 3.63) is 63.1 Å². The first-order valence-corrected chi connectivity index (χ1v) is 10.6. The molecular formula is C24H31BrN2O2. The average molecular weight is 459 g/mol. The summed E-state index contributed by atoms with van der Waals surface area (Å²) in [4.78, 5) is 12.2. The molecular weight excluding hydrogens is 428 g/mol. The Labute approximate surface area is 182 Å². The standard InChI is InChI=1S/C24H31BrN2O2/c1-23(2,3)19-13-17(14-20(22(19)29)24(4,5)6)9-12-21(28)27-26-15-16-7-10-18(25)11-8-16/h7-8,10-11,13-15,29H,9,12H2,1-6H3,(H,27,28)/b26-15-. The van der Waals surface area contributed by atoms with Crippen molar-refractivity contribution in [3.63, 3.8) is 0 Å². The van der Waals surface area contributed by atoms with Gasteiger partial charge in [-0.15, -0.1) is 0 Å². The molecule has 2 aromatic carbocycles. The number of carbonyl (C=O) groups is 1. The van der Waals surface area contributed by atoms with Gasteiger partial charge in [-0.25, -0.2) is 5.43 Å². The molecule has 0 unspecified atom stereocenters. The maximum Gasteiger partial charge on any atom is 0.240 e. The van der Waals surface area contributed by atoms with Crippen molar-refractivity contribution >= 4 is 28.1 Å². The van der Waals surface area contributed by atoms with Crippen LogP contribution in [0.2, 0.25) is 0 Å². The lowest BCUT2D eigenvalue weighted by atomic mass is 9.78. The Morgan fingerprint density at radius 1 is 1.03 bits per heavy atom. The van der Waals surface area contributed by atoms with Crippen molar-refractivity contribution in [3.8, 4) is 5.75 Å². The number of phenolic OH excluding ortho intramolecular Hbond substituents is 1. The lowest BCUT2D eigenvalue weighted by Gasteiger charge is -2.28. The zero-order valence-corrected chi connectivity index (χ0v) is 19.7. The summed E-state index contributed by atoms with van der Waals surface area (Å²) >= 11 is 3.39. The summed E-state index contributed by atoms with van der Waals surface area (Å²) in [5.74, 6) is 0.221. The smallest absolute Gasteiger partial charge is 0.240 e. The van der Waals surface area contributed by atoms with Crippen LogP contribution in [0.25, 0.3) is 0 Å². The number of aromatic hydroxyl groups is 1. The highest BCUT2D eigenvalue weighted by atomic mass is 79.9. The third-order valence-corrected chi connectivity index (χ3v) is 5.23. The fourth-order valence-electron chi connectivity index (χ4n) is 3.02. The molecule has 0 aliphatic rings. The van der Waals surface area contributed by atoms with E-state index >= 15 is 0 Å². The summed E-state index contributed by atoms with van der Waals surface area (Å²) in [6.45, 7) is 12.5. The number of phenols is 1. The van der Waals surface area contributed by atoms with Gasteiger partial charge in [0.1, 0.15) is 5.75 Å². The van der Waals surface area contributed by atoms with Crippen molar-refractivity contribution < 1.29 is 9.90 Å². The van der Waals surface area contributed by atoms with Gasteiger partial charge in [-0.3, -0.25) is 4.79 Å². The topological polar surface area (TPSA) is 61.7 Å². The molecule has 2 aromatic rings. The number of benzene rings is 2. The number of nitrogens with one attached hydrogen (secondary N) is 1. The molecule has 0 aliphatic carbocycles. The lowest BCUT2D eigenvalue weighted by molar-refractivity contribution is -0.121. The second-order valence-electron chi connectivity index (χ2n) is 9.38. The van der Waals surface area contributed by atoms with Crippen LogP contribution in [-0.2, 0) is 22.0 Å². The van der Waals surface area contributed by atoms with Gasteiger partial charge in [0.2, 0.25) is 5.91 Å². The van der Waals surface area contributed by atoms with Crippen LogP contribution in [0, 0.1) is 0 Å². The maximum absolute atomic E-state index is 12.2. The van der Waals surface area contributed by atoms with Gasteiger partial charge >= 0.3 is 0 Å². The molecule has 2 rings (SSSR count). The van der Waals surface area contributed by atoms with Crippen LogP contribution in [0.15, 0.2) is 46.0 Å². The number of carbonyl (C=O) groups excluding carboxylic acids is 1. The molecule has 0 spiro atoms. The zero-order valence-electron chi connectivity index (χ0n) is 18.1. The van der Waals surface area contributed by atoms with E-state index in [1.54, 1.807) is 6.21 Å². The van der Waals surface area contributed by atoms with Crippen LogP contribution in [0.5, 0.6) is 5.75 Å². The Morgan fingerprint density at radius 2 is 1.55 bits per heavy atom. The molecule has 0 bridgehead atoms. The summed E-state index contributed by atoms with van der Waals surface area (Å²) in [5.41, 5.74) is 6.00. The molecule has 29 heavy (non-hydrogen) atoms. The Kier molecular flexibility index (Phi) is 7.28. The number of aryl methyl sites for hydroxylation is 1. The second-order valence-corrected chi connectivity index (χ2v) is 10.3. The first-order valence-electron chi connectivity index (χ1n) is 9.82. The van der Waals surface area contributed by atoms with Gasteiger partial charge in [0.25, 0.3) is 0 Å². The Hall–Kier alpha value is -2.14. The summed E-state index contributed by atoms with van der Waals surface area (Å²) in [6, 6.07) is 11.7. The van der Waals surface area contributed by atoms with Crippen LogP contribution in [-0.4, -0.2) is 17.2 Å². The first kappa shape index (κ1) is 23.1. The number of amides is 1. The molecule has 0 aliphatic heterocycles. The molecule has 0 heterocycles. The highest BCUT2D eigenvalue weighted by Gasteiger charge is 2.26. The van der Waals surface area contributed by atoms with Crippen LogP contribution in [0.3, 0.4) is 0 Å². The van der Waals surface area contributed by atoms with Crippen LogP contribution in [0.4, 0.5) is 0 Å². The van der Waals surface area contributed by atoms with Gasteiger partial charge in [0.05, 0.1) is 6.21 Å². The maximum atomic E-state index is 12.2. The molecule has 0 radical (unpaired) electrons. The third-order valence-electron chi connectivity index (χ3n) is 4.70. The average Bonchev–Trinajstić information content (AvgIpc) is 2.60. The van der Waals surface area contributed by atoms with Gasteiger partial charge < -0.3 is 5.11 Å². The fraction of sp³-hybridized carbons (Fsp3) is 0.417. The number of hydrogen-bond acceptors (Lipinski definition) is 3. The van der Waals surface area contributed by atoms with Gasteiger partial charge in [-0.2, -0.15) is 5.10 Å². The molecule has 0 atom stereocenters. The molecule has 5 heteroatoms. The van der Waals surface area contributed by atoms with Gasteiger partial charge in [-0.05, 0) is 51.6 Å². The quantitative estimate of drug-likeness (QED) is 0.436. The van der Waals surface area contributed by atoms with E-state index in [4.69, 9.17) is 0 Å². The zero-order chi connectivity index (χ0) is 21.8. The van der Waals surface area contributed by atoms with Crippen LogP contribution in [0.1, 0.15) is 70.2 Å². The highest BCUT2D eigenvalue weighted by Crippen LogP contribution is 2.39. The van der Waals surface area contributed by atoms with Crippen LogP contribution >= 0.6 is 15.9 Å². The van der Waals surface area contributed by atoms with E-state index in [1.807, 2.05) is 36.4 Å². The molecule has 4 nitrogen and oxygen atoms in total. The number of nitrogens with zero attached hydrogens (tertiary/aromatic N) is 1. The molecule has 0 saturated carbocycles. The number of hydrazone groups is 1. The Bertz CT molecular complexity index is 854. The molecule has 0 aromatic heterocycles. The van der Waals surface area contributed by atoms with Gasteiger partial charge in [0.15, 0.2) is 0 Å². The number of halogens is 1. The van der Waals surface area contributed by atoms with Gasteiger partial charge in [0, 0.05) is 10.9 Å². The van der Waals surface area contributed by atoms with E-state index in [0.29, 0.717) is 18.6 Å². The molecule has 2 N–H and O–H groups in total. The normalized spacial score (nSPS) is 12.4. The monoisotopic (exact) mass is 458 g/mol. The SMILES string of the molecule is CC(C)(C)c1cc(CCC(=O)N/N=C\c2ccc(Br)cc2)cc(C(C)(C)C)c1O. The minimum Gasteiger partial charge on any atom is -0.507 e. The van der Waals surface area contributed by atoms with Crippen molar-refractivity contribution in [2.75, 3.05) is 0 Å². The minimum atomic E-state index is -0.183.